The Hall–Kier alpha value is -0.320. The number of fused-ring (bicyclic) bond motifs is 1. The van der Waals surface area contributed by atoms with Crippen LogP contribution >= 0.6 is 35.7 Å². The van der Waals surface area contributed by atoms with Crippen LogP contribution in [0.3, 0.4) is 0 Å². The fourth-order valence-electron chi connectivity index (χ4n) is 1.22. The van der Waals surface area contributed by atoms with Gasteiger partial charge >= 0.3 is 0 Å². The van der Waals surface area contributed by atoms with Crippen LogP contribution in [0.25, 0.3) is 10.1 Å². The third-order valence-electron chi connectivity index (χ3n) is 1.83. The highest BCUT2D eigenvalue weighted by molar-refractivity contribution is 7.99. The predicted molar refractivity (Wildman–Crippen MR) is 62.5 cm³/mol. The van der Waals surface area contributed by atoms with Crippen molar-refractivity contribution in [1.82, 2.24) is 0 Å². The first-order chi connectivity index (χ1) is 6.22. The number of aromatic hydroxyl groups is 1. The first-order valence-corrected chi connectivity index (χ1v) is 6.19. The average Bonchev–Trinajstić information content (AvgIpc) is 2.47. The van der Waals surface area contributed by atoms with Crippen LogP contribution in [-0.2, 0) is 0 Å². The van der Waals surface area contributed by atoms with Crippen LogP contribution in [0.4, 0.5) is 0 Å². The van der Waals surface area contributed by atoms with E-state index in [1.54, 1.807) is 17.8 Å². The monoisotopic (exact) mass is 228 g/mol. The summed E-state index contributed by atoms with van der Waals surface area (Å²) in [6.07, 6.45) is 2.02. The number of thioether (sulfide) groups is 1. The van der Waals surface area contributed by atoms with Gasteiger partial charge in [-0.3, -0.25) is 0 Å². The molecule has 13 heavy (non-hydrogen) atoms. The van der Waals surface area contributed by atoms with Crippen molar-refractivity contribution in [3.8, 4) is 5.06 Å². The minimum absolute atomic E-state index is 0.351. The topological polar surface area (TPSA) is 20.2 Å². The second-order valence-corrected chi connectivity index (χ2v) is 4.95. The van der Waals surface area contributed by atoms with Gasteiger partial charge in [-0.15, -0.1) is 24.4 Å². The van der Waals surface area contributed by atoms with E-state index in [1.165, 1.54) is 11.3 Å². The van der Waals surface area contributed by atoms with Gasteiger partial charge < -0.3 is 5.11 Å². The first kappa shape index (κ1) is 9.24. The highest BCUT2D eigenvalue weighted by Crippen LogP contribution is 2.38. The summed E-state index contributed by atoms with van der Waals surface area (Å²) < 4.78 is 1.06. The van der Waals surface area contributed by atoms with Gasteiger partial charge in [-0.1, -0.05) is 17.4 Å². The second kappa shape index (κ2) is 3.44. The summed E-state index contributed by atoms with van der Waals surface area (Å²) in [5.74, 6) is 0. The molecule has 0 bridgehead atoms. The number of thiophene rings is 1. The van der Waals surface area contributed by atoms with Crippen LogP contribution in [0, 0.1) is 0 Å². The second-order valence-electron chi connectivity index (χ2n) is 2.62. The maximum Gasteiger partial charge on any atom is 0.172 e. The van der Waals surface area contributed by atoms with Gasteiger partial charge in [-0.25, -0.2) is 0 Å². The zero-order valence-corrected chi connectivity index (χ0v) is 9.47. The van der Waals surface area contributed by atoms with Crippen molar-refractivity contribution >= 4 is 45.8 Å². The zero-order chi connectivity index (χ0) is 9.42. The molecule has 0 aliphatic carbocycles. The first-order valence-electron chi connectivity index (χ1n) is 3.71. The fraction of sp³-hybridized carbons (Fsp3) is 0.111. The molecule has 0 aliphatic rings. The molecule has 1 nitrogen and oxygen atoms in total. The lowest BCUT2D eigenvalue weighted by Crippen LogP contribution is -1.73. The lowest BCUT2D eigenvalue weighted by molar-refractivity contribution is 0.491. The third-order valence-corrected chi connectivity index (χ3v) is 4.35. The van der Waals surface area contributed by atoms with E-state index >= 15 is 0 Å². The average molecular weight is 228 g/mol. The number of hydrogen-bond donors (Lipinski definition) is 2. The van der Waals surface area contributed by atoms with E-state index in [9.17, 15) is 5.11 Å². The highest BCUT2D eigenvalue weighted by Gasteiger charge is 2.06. The molecule has 4 heteroatoms. The van der Waals surface area contributed by atoms with E-state index in [2.05, 4.69) is 12.6 Å². The van der Waals surface area contributed by atoms with Gasteiger partial charge in [0.15, 0.2) is 5.06 Å². The Kier molecular flexibility index (Phi) is 2.45. The Morgan fingerprint density at radius 2 is 2.23 bits per heavy atom. The summed E-state index contributed by atoms with van der Waals surface area (Å²) in [7, 11) is 0. The molecule has 0 atom stereocenters. The number of rotatable bonds is 1. The maximum atomic E-state index is 9.32. The lowest BCUT2D eigenvalue weighted by Gasteiger charge is -2.00. The molecular weight excluding hydrogens is 220 g/mol. The summed E-state index contributed by atoms with van der Waals surface area (Å²) in [5.41, 5.74) is 0. The molecule has 1 aromatic heterocycles. The van der Waals surface area contributed by atoms with Gasteiger partial charge in [0.25, 0.3) is 0 Å². The molecule has 0 fully saturated rings. The minimum atomic E-state index is 0.351. The van der Waals surface area contributed by atoms with Crippen LogP contribution in [-0.4, -0.2) is 11.4 Å². The molecular formula is C9H8OS3. The highest BCUT2D eigenvalue weighted by atomic mass is 32.2. The third kappa shape index (κ3) is 1.54. The molecule has 0 radical (unpaired) electrons. The van der Waals surface area contributed by atoms with Gasteiger partial charge in [0.05, 0.1) is 4.70 Å². The standard InChI is InChI=1S/C9H8OS3/c1-12-6-3-2-5-4-7(10)13-9(5)8(6)11/h2-4,10-11H,1H3. The molecule has 2 rings (SSSR count). The number of hydrogen-bond acceptors (Lipinski definition) is 4. The molecule has 0 saturated heterocycles. The van der Waals surface area contributed by atoms with E-state index in [-0.39, 0.29) is 0 Å². The Morgan fingerprint density at radius 3 is 2.92 bits per heavy atom. The van der Waals surface area contributed by atoms with Crippen molar-refractivity contribution in [1.29, 1.82) is 0 Å². The molecule has 1 N–H and O–H groups in total. The van der Waals surface area contributed by atoms with Crippen LogP contribution in [0.1, 0.15) is 0 Å². The molecule has 0 unspecified atom stereocenters. The lowest BCUT2D eigenvalue weighted by atomic mass is 10.3. The molecule has 0 aliphatic heterocycles. The summed E-state index contributed by atoms with van der Waals surface area (Å²) in [6.45, 7) is 0. The van der Waals surface area contributed by atoms with Crippen LogP contribution in [0.2, 0.25) is 0 Å². The van der Waals surface area contributed by atoms with Crippen molar-refractivity contribution in [2.75, 3.05) is 6.26 Å². The zero-order valence-electron chi connectivity index (χ0n) is 6.94. The Morgan fingerprint density at radius 1 is 1.46 bits per heavy atom. The van der Waals surface area contributed by atoms with Crippen molar-refractivity contribution in [2.24, 2.45) is 0 Å². The van der Waals surface area contributed by atoms with Crippen molar-refractivity contribution in [3.05, 3.63) is 18.2 Å². The Labute approximate surface area is 90.2 Å². The van der Waals surface area contributed by atoms with Crippen molar-refractivity contribution < 1.29 is 5.11 Å². The quantitative estimate of drug-likeness (QED) is 0.574. The summed E-state index contributed by atoms with van der Waals surface area (Å²) in [5, 5.41) is 10.7. The van der Waals surface area contributed by atoms with Gasteiger partial charge in [0, 0.05) is 9.79 Å². The van der Waals surface area contributed by atoms with Crippen molar-refractivity contribution in [3.63, 3.8) is 0 Å². The fourth-order valence-corrected chi connectivity index (χ4v) is 3.25. The van der Waals surface area contributed by atoms with E-state index in [0.29, 0.717) is 5.06 Å². The van der Waals surface area contributed by atoms with Gasteiger partial charge in [0.1, 0.15) is 0 Å². The molecule has 0 amide bonds. The number of benzene rings is 1. The molecule has 2 aromatic rings. The van der Waals surface area contributed by atoms with Crippen LogP contribution in [0.15, 0.2) is 28.0 Å². The summed E-state index contributed by atoms with van der Waals surface area (Å²) in [4.78, 5) is 2.12. The summed E-state index contributed by atoms with van der Waals surface area (Å²) in [6, 6.07) is 5.81. The maximum absolute atomic E-state index is 9.32. The Bertz CT molecular complexity index is 447. The normalized spacial score (nSPS) is 10.9. The molecule has 1 heterocycles. The number of thiol groups is 1. The largest absolute Gasteiger partial charge is 0.499 e. The van der Waals surface area contributed by atoms with Gasteiger partial charge in [-0.2, -0.15) is 0 Å². The minimum Gasteiger partial charge on any atom is -0.499 e. The Balaban J connectivity index is 2.78. The molecule has 68 valence electrons. The van der Waals surface area contributed by atoms with Crippen LogP contribution in [0.5, 0.6) is 5.06 Å². The van der Waals surface area contributed by atoms with Gasteiger partial charge in [-0.05, 0) is 23.8 Å². The summed E-state index contributed by atoms with van der Waals surface area (Å²) >= 11 is 7.48. The molecule has 1 aromatic carbocycles. The van der Waals surface area contributed by atoms with E-state index in [1.807, 2.05) is 18.4 Å². The SMILES string of the molecule is CSc1ccc2cc(O)sc2c1S. The van der Waals surface area contributed by atoms with E-state index in [0.717, 1.165) is 19.9 Å². The van der Waals surface area contributed by atoms with Crippen LogP contribution < -0.4 is 0 Å². The van der Waals surface area contributed by atoms with E-state index < -0.39 is 0 Å². The predicted octanol–water partition coefficient (Wildman–Crippen LogP) is 3.62. The van der Waals surface area contributed by atoms with Crippen molar-refractivity contribution in [2.45, 2.75) is 9.79 Å². The van der Waals surface area contributed by atoms with E-state index in [4.69, 9.17) is 0 Å². The molecule has 0 spiro atoms. The van der Waals surface area contributed by atoms with Gasteiger partial charge in [0.2, 0.25) is 0 Å². The molecule has 0 saturated carbocycles. The smallest absolute Gasteiger partial charge is 0.172 e.